The van der Waals surface area contributed by atoms with E-state index in [4.69, 9.17) is 11.6 Å². The van der Waals surface area contributed by atoms with Crippen LogP contribution in [0.5, 0.6) is 0 Å². The molecule has 0 atom stereocenters. The van der Waals surface area contributed by atoms with Crippen LogP contribution in [0.25, 0.3) is 27.5 Å². The lowest BCUT2D eigenvalue weighted by Gasteiger charge is -2.16. The average Bonchev–Trinajstić information content (AvgIpc) is 3.04. The van der Waals surface area contributed by atoms with Gasteiger partial charge in [-0.05, 0) is 24.3 Å². The second kappa shape index (κ2) is 5.32. The molecule has 0 bridgehead atoms. The fraction of sp³-hybridized carbons (Fsp3) is 0.0625. The molecule has 0 saturated heterocycles. The molecule has 0 fully saturated rings. The summed E-state index contributed by atoms with van der Waals surface area (Å²) >= 11 is 6.01. The average molecular weight is 365 g/mol. The van der Waals surface area contributed by atoms with E-state index in [1.807, 2.05) is 0 Å². The zero-order chi connectivity index (χ0) is 17.8. The molecule has 0 spiro atoms. The second-order valence-electron chi connectivity index (χ2n) is 5.33. The summed E-state index contributed by atoms with van der Waals surface area (Å²) in [5.41, 5.74) is -1.85. The highest BCUT2D eigenvalue weighted by atomic mass is 35.5. The number of pyridine rings is 2. The van der Waals surface area contributed by atoms with E-state index < -0.39 is 17.4 Å². The van der Waals surface area contributed by atoms with Crippen molar-refractivity contribution < 1.29 is 13.2 Å². The van der Waals surface area contributed by atoms with Gasteiger partial charge in [0, 0.05) is 22.0 Å². The van der Waals surface area contributed by atoms with Gasteiger partial charge < -0.3 is 0 Å². The first-order chi connectivity index (χ1) is 11.9. The number of alkyl halides is 3. The molecule has 0 aliphatic carbocycles. The van der Waals surface area contributed by atoms with Crippen LogP contribution in [0.15, 0.2) is 47.5 Å². The molecule has 126 valence electrons. The molecule has 1 aromatic carbocycles. The van der Waals surface area contributed by atoms with Gasteiger partial charge in [0.2, 0.25) is 0 Å². The maximum Gasteiger partial charge on any atom is 0.435 e. The molecular formula is C16H8ClF3N4O. The molecule has 0 aliphatic heterocycles. The molecule has 9 heteroatoms. The number of fused-ring (bicyclic) bond motifs is 3. The van der Waals surface area contributed by atoms with Crippen LogP contribution in [0.3, 0.4) is 0 Å². The SMILES string of the molecule is O=c1c2[nH]ncc2c2ccc(Cl)cc2n1-c1cccnc1C(F)(F)F. The minimum absolute atomic E-state index is 0.104. The summed E-state index contributed by atoms with van der Waals surface area (Å²) in [6.07, 6.45) is -2.24. The van der Waals surface area contributed by atoms with E-state index in [0.717, 1.165) is 10.8 Å². The Morgan fingerprint density at radius 1 is 1.16 bits per heavy atom. The maximum absolute atomic E-state index is 13.4. The van der Waals surface area contributed by atoms with Crippen molar-refractivity contribution in [3.63, 3.8) is 0 Å². The van der Waals surface area contributed by atoms with Gasteiger partial charge in [-0.15, -0.1) is 0 Å². The summed E-state index contributed by atoms with van der Waals surface area (Å²) in [4.78, 5) is 16.3. The molecule has 25 heavy (non-hydrogen) atoms. The molecule has 0 unspecified atom stereocenters. The van der Waals surface area contributed by atoms with E-state index >= 15 is 0 Å². The monoisotopic (exact) mass is 364 g/mol. The van der Waals surface area contributed by atoms with Crippen molar-refractivity contribution in [2.75, 3.05) is 0 Å². The Hall–Kier alpha value is -2.87. The smallest absolute Gasteiger partial charge is 0.273 e. The van der Waals surface area contributed by atoms with Gasteiger partial charge >= 0.3 is 6.18 Å². The molecule has 3 aromatic heterocycles. The fourth-order valence-electron chi connectivity index (χ4n) is 2.83. The van der Waals surface area contributed by atoms with Gasteiger partial charge in [-0.3, -0.25) is 14.5 Å². The third kappa shape index (κ3) is 2.37. The first kappa shape index (κ1) is 15.6. The maximum atomic E-state index is 13.4. The van der Waals surface area contributed by atoms with Crippen LogP contribution >= 0.6 is 11.6 Å². The number of H-pyrrole nitrogens is 1. The number of benzene rings is 1. The van der Waals surface area contributed by atoms with Gasteiger partial charge in [0.15, 0.2) is 5.69 Å². The minimum Gasteiger partial charge on any atom is -0.273 e. The summed E-state index contributed by atoms with van der Waals surface area (Å²) in [7, 11) is 0. The van der Waals surface area contributed by atoms with Crippen molar-refractivity contribution in [3.05, 3.63) is 63.8 Å². The van der Waals surface area contributed by atoms with Crippen LogP contribution in [0.1, 0.15) is 5.69 Å². The molecule has 1 N–H and O–H groups in total. The van der Waals surface area contributed by atoms with E-state index in [2.05, 4.69) is 15.2 Å². The molecular weight excluding hydrogens is 357 g/mol. The normalized spacial score (nSPS) is 12.2. The highest BCUT2D eigenvalue weighted by Gasteiger charge is 2.36. The number of hydrogen-bond donors (Lipinski definition) is 1. The van der Waals surface area contributed by atoms with Gasteiger partial charge in [0.05, 0.1) is 17.4 Å². The van der Waals surface area contributed by atoms with Crippen LogP contribution in [0, 0.1) is 0 Å². The van der Waals surface area contributed by atoms with Crippen LogP contribution in [0.4, 0.5) is 13.2 Å². The van der Waals surface area contributed by atoms with Gasteiger partial charge in [0.1, 0.15) is 5.52 Å². The van der Waals surface area contributed by atoms with E-state index in [9.17, 15) is 18.0 Å². The van der Waals surface area contributed by atoms with Crippen LogP contribution in [-0.4, -0.2) is 19.7 Å². The molecule has 0 saturated carbocycles. The molecule has 4 aromatic rings. The van der Waals surface area contributed by atoms with Gasteiger partial charge in [-0.2, -0.15) is 18.3 Å². The molecule has 0 radical (unpaired) electrons. The van der Waals surface area contributed by atoms with Gasteiger partial charge in [-0.1, -0.05) is 17.7 Å². The largest absolute Gasteiger partial charge is 0.435 e. The summed E-state index contributed by atoms with van der Waals surface area (Å²) in [5.74, 6) is 0. The quantitative estimate of drug-likeness (QED) is 0.556. The topological polar surface area (TPSA) is 63.6 Å². The number of halogens is 4. The fourth-order valence-corrected chi connectivity index (χ4v) is 2.99. The van der Waals surface area contributed by atoms with E-state index in [1.54, 1.807) is 12.1 Å². The van der Waals surface area contributed by atoms with Gasteiger partial charge in [0.25, 0.3) is 5.56 Å². The van der Waals surface area contributed by atoms with Crippen LogP contribution in [-0.2, 0) is 6.18 Å². The van der Waals surface area contributed by atoms with Crippen molar-refractivity contribution >= 4 is 33.4 Å². The lowest BCUT2D eigenvalue weighted by Crippen LogP contribution is -2.23. The predicted octanol–water partition coefficient (Wildman–Crippen LogP) is 3.93. The molecule has 0 aliphatic rings. The van der Waals surface area contributed by atoms with E-state index in [0.29, 0.717) is 15.8 Å². The third-order valence-electron chi connectivity index (χ3n) is 3.84. The minimum atomic E-state index is -4.72. The van der Waals surface area contributed by atoms with Crippen molar-refractivity contribution in [2.24, 2.45) is 0 Å². The van der Waals surface area contributed by atoms with Crippen LogP contribution < -0.4 is 5.56 Å². The third-order valence-corrected chi connectivity index (χ3v) is 4.08. The summed E-state index contributed by atoms with van der Waals surface area (Å²) in [5, 5.41) is 7.72. The Bertz CT molecular complexity index is 1180. The van der Waals surface area contributed by atoms with E-state index in [1.165, 1.54) is 24.4 Å². The van der Waals surface area contributed by atoms with Crippen molar-refractivity contribution in [2.45, 2.75) is 6.18 Å². The summed E-state index contributed by atoms with van der Waals surface area (Å²) < 4.78 is 41.1. The first-order valence-electron chi connectivity index (χ1n) is 7.08. The zero-order valence-electron chi connectivity index (χ0n) is 12.3. The first-order valence-corrected chi connectivity index (χ1v) is 7.45. The Kier molecular flexibility index (Phi) is 3.33. The number of aromatic amines is 1. The number of rotatable bonds is 1. The number of nitrogens with one attached hydrogen (secondary N) is 1. The number of aromatic nitrogens is 4. The standard InChI is InChI=1S/C16H8ClF3N4O/c17-8-3-4-9-10-7-22-23-13(10)15(25)24(12(9)6-8)11-2-1-5-21-14(11)16(18,19)20/h1-7H,(H,22,23). The zero-order valence-corrected chi connectivity index (χ0v) is 13.1. The predicted molar refractivity (Wildman–Crippen MR) is 87.0 cm³/mol. The molecule has 0 amide bonds. The Morgan fingerprint density at radius 2 is 1.96 bits per heavy atom. The van der Waals surface area contributed by atoms with Crippen molar-refractivity contribution in [3.8, 4) is 5.69 Å². The number of nitrogens with zero attached hydrogens (tertiary/aromatic N) is 3. The van der Waals surface area contributed by atoms with Crippen molar-refractivity contribution in [1.29, 1.82) is 0 Å². The highest BCUT2D eigenvalue weighted by molar-refractivity contribution is 6.31. The lowest BCUT2D eigenvalue weighted by molar-refractivity contribution is -0.141. The Balaban J connectivity index is 2.24. The Labute approximate surface area is 142 Å². The van der Waals surface area contributed by atoms with Gasteiger partial charge in [-0.25, -0.2) is 4.98 Å². The summed E-state index contributed by atoms with van der Waals surface area (Å²) in [6.45, 7) is 0. The molecule has 5 nitrogen and oxygen atoms in total. The Morgan fingerprint density at radius 3 is 2.72 bits per heavy atom. The van der Waals surface area contributed by atoms with Crippen LogP contribution in [0.2, 0.25) is 5.02 Å². The molecule has 4 rings (SSSR count). The highest BCUT2D eigenvalue weighted by Crippen LogP contribution is 2.34. The number of hydrogen-bond acceptors (Lipinski definition) is 3. The lowest BCUT2D eigenvalue weighted by atomic mass is 10.1. The van der Waals surface area contributed by atoms with E-state index in [-0.39, 0.29) is 16.7 Å². The second-order valence-corrected chi connectivity index (χ2v) is 5.77. The molecule has 3 heterocycles. The van der Waals surface area contributed by atoms with Crippen molar-refractivity contribution in [1.82, 2.24) is 19.7 Å². The summed E-state index contributed by atoms with van der Waals surface area (Å²) in [6, 6.07) is 7.20.